The molecule has 0 aromatic heterocycles. The van der Waals surface area contributed by atoms with Crippen LogP contribution in [0, 0.1) is 0 Å². The SMILES string of the molecule is COc1cc(CN2CCC(O)CC2)ccc1OC[C@H](O)CN(C)C(C)C. The third kappa shape index (κ3) is 6.43. The van der Waals surface area contributed by atoms with Gasteiger partial charge in [-0.25, -0.2) is 0 Å². The normalized spacial score (nSPS) is 17.7. The standard InChI is InChI=1S/C20H34N2O4/c1-15(2)21(3)13-18(24)14-26-19-6-5-16(11-20(19)25-4)12-22-9-7-17(23)8-10-22/h5-6,11,15,17-18,23-24H,7-10,12-14H2,1-4H3/t18-/m1/s1. The molecule has 1 aliphatic rings. The van der Waals surface area contributed by atoms with Crippen molar-refractivity contribution in [3.8, 4) is 11.5 Å². The molecule has 26 heavy (non-hydrogen) atoms. The average Bonchev–Trinajstić information content (AvgIpc) is 2.62. The molecule has 1 heterocycles. The minimum absolute atomic E-state index is 0.155. The van der Waals surface area contributed by atoms with Crippen LogP contribution in [-0.2, 0) is 6.54 Å². The fourth-order valence-corrected chi connectivity index (χ4v) is 3.05. The number of ether oxygens (including phenoxy) is 2. The Labute approximate surface area is 157 Å². The van der Waals surface area contributed by atoms with Crippen LogP contribution in [0.1, 0.15) is 32.3 Å². The largest absolute Gasteiger partial charge is 0.493 e. The van der Waals surface area contributed by atoms with E-state index in [9.17, 15) is 10.2 Å². The summed E-state index contributed by atoms with van der Waals surface area (Å²) in [5.74, 6) is 1.33. The summed E-state index contributed by atoms with van der Waals surface area (Å²) >= 11 is 0. The molecular weight excluding hydrogens is 332 g/mol. The third-order valence-corrected chi connectivity index (χ3v) is 5.00. The van der Waals surface area contributed by atoms with E-state index >= 15 is 0 Å². The molecule has 0 unspecified atom stereocenters. The zero-order valence-corrected chi connectivity index (χ0v) is 16.5. The summed E-state index contributed by atoms with van der Waals surface area (Å²) in [7, 11) is 3.62. The van der Waals surface area contributed by atoms with E-state index in [1.807, 2.05) is 25.2 Å². The van der Waals surface area contributed by atoms with Gasteiger partial charge in [0.1, 0.15) is 12.7 Å². The zero-order chi connectivity index (χ0) is 19.1. The van der Waals surface area contributed by atoms with Gasteiger partial charge in [0, 0.05) is 32.2 Å². The van der Waals surface area contributed by atoms with Crippen LogP contribution in [0.2, 0.25) is 0 Å². The van der Waals surface area contributed by atoms with E-state index < -0.39 is 6.10 Å². The second kappa shape index (κ2) is 10.1. The molecule has 0 saturated carbocycles. The molecular formula is C20H34N2O4. The number of nitrogens with zero attached hydrogens (tertiary/aromatic N) is 2. The molecule has 0 radical (unpaired) electrons. The van der Waals surface area contributed by atoms with Crippen molar-refractivity contribution < 1.29 is 19.7 Å². The van der Waals surface area contributed by atoms with Crippen molar-refractivity contribution in [3.05, 3.63) is 23.8 Å². The molecule has 2 rings (SSSR count). The first kappa shape index (κ1) is 21.0. The van der Waals surface area contributed by atoms with Crippen molar-refractivity contribution in [2.24, 2.45) is 0 Å². The molecule has 1 fully saturated rings. The van der Waals surface area contributed by atoms with Crippen molar-refractivity contribution >= 4 is 0 Å². The van der Waals surface area contributed by atoms with Gasteiger partial charge in [-0.15, -0.1) is 0 Å². The maximum atomic E-state index is 10.2. The highest BCUT2D eigenvalue weighted by Gasteiger charge is 2.18. The summed E-state index contributed by atoms with van der Waals surface area (Å²) in [4.78, 5) is 4.43. The monoisotopic (exact) mass is 366 g/mol. The molecule has 0 spiro atoms. The maximum Gasteiger partial charge on any atom is 0.161 e. The predicted molar refractivity (Wildman–Crippen MR) is 103 cm³/mol. The number of benzene rings is 1. The minimum atomic E-state index is -0.549. The highest BCUT2D eigenvalue weighted by molar-refractivity contribution is 5.43. The van der Waals surface area contributed by atoms with Gasteiger partial charge in [0.2, 0.25) is 0 Å². The molecule has 148 valence electrons. The average molecular weight is 367 g/mol. The Bertz CT molecular complexity index is 545. The predicted octanol–water partition coefficient (Wildman–Crippen LogP) is 1.73. The molecule has 6 heteroatoms. The number of methoxy groups -OCH3 is 1. The maximum absolute atomic E-state index is 10.2. The van der Waals surface area contributed by atoms with Crippen molar-refractivity contribution in [2.75, 3.05) is 40.4 Å². The van der Waals surface area contributed by atoms with Crippen molar-refractivity contribution in [3.63, 3.8) is 0 Å². The van der Waals surface area contributed by atoms with E-state index in [1.54, 1.807) is 7.11 Å². The minimum Gasteiger partial charge on any atom is -0.493 e. The first-order chi connectivity index (χ1) is 12.4. The van der Waals surface area contributed by atoms with Crippen molar-refractivity contribution in [1.82, 2.24) is 9.80 Å². The Morgan fingerprint density at radius 3 is 2.54 bits per heavy atom. The van der Waals surface area contributed by atoms with Crippen LogP contribution >= 0.6 is 0 Å². The number of hydrogen-bond acceptors (Lipinski definition) is 6. The van der Waals surface area contributed by atoms with Crippen LogP contribution < -0.4 is 9.47 Å². The molecule has 1 saturated heterocycles. The summed E-state index contributed by atoms with van der Waals surface area (Å²) in [6, 6.07) is 6.32. The molecule has 1 aromatic carbocycles. The molecule has 1 atom stereocenters. The van der Waals surface area contributed by atoms with Crippen LogP contribution in [0.5, 0.6) is 11.5 Å². The first-order valence-electron chi connectivity index (χ1n) is 9.47. The summed E-state index contributed by atoms with van der Waals surface area (Å²) in [6.45, 7) is 7.66. The summed E-state index contributed by atoms with van der Waals surface area (Å²) in [5, 5.41) is 19.8. The van der Waals surface area contributed by atoms with Gasteiger partial charge in [0.15, 0.2) is 11.5 Å². The Kier molecular flexibility index (Phi) is 8.15. The Morgan fingerprint density at radius 2 is 1.92 bits per heavy atom. The molecule has 1 aromatic rings. The Morgan fingerprint density at radius 1 is 1.23 bits per heavy atom. The highest BCUT2D eigenvalue weighted by Crippen LogP contribution is 2.29. The summed E-state index contributed by atoms with van der Waals surface area (Å²) < 4.78 is 11.2. The fourth-order valence-electron chi connectivity index (χ4n) is 3.05. The highest BCUT2D eigenvalue weighted by atomic mass is 16.5. The lowest BCUT2D eigenvalue weighted by molar-refractivity contribution is 0.0667. The smallest absolute Gasteiger partial charge is 0.161 e. The van der Waals surface area contributed by atoms with Crippen molar-refractivity contribution in [1.29, 1.82) is 0 Å². The van der Waals surface area contributed by atoms with Gasteiger partial charge >= 0.3 is 0 Å². The molecule has 0 amide bonds. The number of aliphatic hydroxyl groups is 2. The lowest BCUT2D eigenvalue weighted by atomic mass is 10.1. The van der Waals surface area contributed by atoms with E-state index in [1.165, 1.54) is 0 Å². The van der Waals surface area contributed by atoms with Crippen LogP contribution in [0.4, 0.5) is 0 Å². The number of hydrogen-bond donors (Lipinski definition) is 2. The summed E-state index contributed by atoms with van der Waals surface area (Å²) in [5.41, 5.74) is 1.16. The Balaban J connectivity index is 1.89. The van der Waals surface area contributed by atoms with Gasteiger partial charge in [-0.1, -0.05) is 6.07 Å². The number of likely N-dealkylation sites (N-methyl/N-ethyl adjacent to an activating group) is 1. The topological polar surface area (TPSA) is 65.4 Å². The molecule has 6 nitrogen and oxygen atoms in total. The van der Waals surface area contributed by atoms with Gasteiger partial charge in [-0.3, -0.25) is 4.90 Å². The number of rotatable bonds is 9. The van der Waals surface area contributed by atoms with Gasteiger partial charge in [0.25, 0.3) is 0 Å². The van der Waals surface area contributed by atoms with E-state index in [0.717, 1.165) is 38.0 Å². The molecule has 0 aliphatic carbocycles. The van der Waals surface area contributed by atoms with E-state index in [0.29, 0.717) is 24.1 Å². The second-order valence-electron chi connectivity index (χ2n) is 7.49. The van der Waals surface area contributed by atoms with E-state index in [2.05, 4.69) is 23.6 Å². The van der Waals surface area contributed by atoms with Gasteiger partial charge in [-0.2, -0.15) is 0 Å². The molecule has 0 bridgehead atoms. The van der Waals surface area contributed by atoms with E-state index in [-0.39, 0.29) is 12.7 Å². The lowest BCUT2D eigenvalue weighted by Crippen LogP contribution is -2.37. The second-order valence-corrected chi connectivity index (χ2v) is 7.49. The summed E-state index contributed by atoms with van der Waals surface area (Å²) in [6.07, 6.45) is 0.964. The van der Waals surface area contributed by atoms with Gasteiger partial charge in [-0.05, 0) is 51.4 Å². The number of likely N-dealkylation sites (tertiary alicyclic amines) is 1. The van der Waals surface area contributed by atoms with Crippen LogP contribution in [0.15, 0.2) is 18.2 Å². The zero-order valence-electron chi connectivity index (χ0n) is 16.5. The van der Waals surface area contributed by atoms with Crippen LogP contribution in [0.3, 0.4) is 0 Å². The quantitative estimate of drug-likeness (QED) is 0.694. The first-order valence-corrected chi connectivity index (χ1v) is 9.47. The fraction of sp³-hybridized carbons (Fsp3) is 0.700. The van der Waals surface area contributed by atoms with Gasteiger partial charge in [0.05, 0.1) is 13.2 Å². The van der Waals surface area contributed by atoms with Crippen LogP contribution in [0.25, 0.3) is 0 Å². The Hall–Kier alpha value is -1.34. The van der Waals surface area contributed by atoms with E-state index in [4.69, 9.17) is 9.47 Å². The number of aliphatic hydroxyl groups excluding tert-OH is 2. The number of piperidine rings is 1. The van der Waals surface area contributed by atoms with Crippen LogP contribution in [-0.4, -0.2) is 78.7 Å². The van der Waals surface area contributed by atoms with Gasteiger partial charge < -0.3 is 24.6 Å². The third-order valence-electron chi connectivity index (χ3n) is 5.00. The van der Waals surface area contributed by atoms with Crippen molar-refractivity contribution in [2.45, 2.75) is 51.5 Å². The lowest BCUT2D eigenvalue weighted by Gasteiger charge is -2.29. The molecule has 1 aliphatic heterocycles. The molecule has 2 N–H and O–H groups in total.